The predicted octanol–water partition coefficient (Wildman–Crippen LogP) is 2.83. The van der Waals surface area contributed by atoms with E-state index in [2.05, 4.69) is 15.9 Å². The summed E-state index contributed by atoms with van der Waals surface area (Å²) in [4.78, 5) is 24.9. The summed E-state index contributed by atoms with van der Waals surface area (Å²) in [5.74, 6) is -0.745. The van der Waals surface area contributed by atoms with Crippen LogP contribution in [0.2, 0.25) is 5.02 Å². The van der Waals surface area contributed by atoms with Crippen LogP contribution in [0.15, 0.2) is 22.7 Å². The molecule has 1 rings (SSSR count). The number of nitrogens with two attached hydrogens (primary N) is 1. The molecule has 0 saturated carbocycles. The van der Waals surface area contributed by atoms with Crippen LogP contribution in [0.25, 0.3) is 0 Å². The number of primary amides is 1. The Morgan fingerprint density at radius 1 is 1.42 bits per heavy atom. The van der Waals surface area contributed by atoms with Crippen molar-refractivity contribution in [3.63, 3.8) is 0 Å². The van der Waals surface area contributed by atoms with Crippen molar-refractivity contribution >= 4 is 39.3 Å². The molecule has 2 amide bonds. The summed E-state index contributed by atoms with van der Waals surface area (Å²) < 4.78 is 0.607. The minimum atomic E-state index is -0.519. The lowest BCUT2D eigenvalue weighted by atomic mass is 10.2. The van der Waals surface area contributed by atoms with Gasteiger partial charge in [0, 0.05) is 16.0 Å². The molecule has 6 heteroatoms. The van der Waals surface area contributed by atoms with Gasteiger partial charge in [0.25, 0.3) is 5.91 Å². The largest absolute Gasteiger partial charge is 0.368 e. The van der Waals surface area contributed by atoms with Gasteiger partial charge in [-0.25, -0.2) is 0 Å². The van der Waals surface area contributed by atoms with Crippen molar-refractivity contribution in [3.8, 4) is 0 Å². The molecule has 104 valence electrons. The number of carbonyl (C=O) groups excluding carboxylic acids is 2. The summed E-state index contributed by atoms with van der Waals surface area (Å²) in [6.45, 7) is 2.45. The minimum Gasteiger partial charge on any atom is -0.368 e. The molecule has 1 aromatic carbocycles. The van der Waals surface area contributed by atoms with Crippen LogP contribution in [0, 0.1) is 0 Å². The van der Waals surface area contributed by atoms with Gasteiger partial charge in [0.1, 0.15) is 0 Å². The first kappa shape index (κ1) is 16.0. The molecule has 0 radical (unpaired) electrons. The maximum atomic E-state index is 12.4. The molecule has 0 aliphatic carbocycles. The quantitative estimate of drug-likeness (QED) is 0.860. The Morgan fingerprint density at radius 3 is 2.63 bits per heavy atom. The Balaban J connectivity index is 2.93. The normalized spacial score (nSPS) is 10.3. The van der Waals surface area contributed by atoms with Gasteiger partial charge in [0.15, 0.2) is 0 Å². The minimum absolute atomic E-state index is 0.0755. The average molecular weight is 348 g/mol. The summed E-state index contributed by atoms with van der Waals surface area (Å²) in [7, 11) is 0. The van der Waals surface area contributed by atoms with Crippen molar-refractivity contribution in [2.24, 2.45) is 5.73 Å². The third-order valence-corrected chi connectivity index (χ3v) is 3.47. The molecule has 1 aromatic rings. The van der Waals surface area contributed by atoms with Crippen LogP contribution in [0.5, 0.6) is 0 Å². The highest BCUT2D eigenvalue weighted by molar-refractivity contribution is 9.10. The van der Waals surface area contributed by atoms with E-state index >= 15 is 0 Å². The van der Waals surface area contributed by atoms with Gasteiger partial charge in [-0.1, -0.05) is 24.9 Å². The number of unbranched alkanes of at least 4 members (excludes halogenated alkanes) is 1. The zero-order chi connectivity index (χ0) is 14.4. The highest BCUT2D eigenvalue weighted by Gasteiger charge is 2.19. The first-order valence-electron chi connectivity index (χ1n) is 5.98. The number of carbonyl (C=O) groups is 2. The van der Waals surface area contributed by atoms with Crippen molar-refractivity contribution < 1.29 is 9.59 Å². The highest BCUT2D eigenvalue weighted by Crippen LogP contribution is 2.23. The van der Waals surface area contributed by atoms with Crippen LogP contribution >= 0.6 is 27.5 Å². The standard InChI is InChI=1S/C13H16BrClN2O2/c1-2-3-6-17(8-12(16)18)13(19)10-5-4-9(15)7-11(10)14/h4-5,7H,2-3,6,8H2,1H3,(H2,16,18). The van der Waals surface area contributed by atoms with Gasteiger partial charge in [0.2, 0.25) is 5.91 Å². The van der Waals surface area contributed by atoms with Crippen molar-refractivity contribution in [1.29, 1.82) is 0 Å². The Bertz CT molecular complexity index is 480. The summed E-state index contributed by atoms with van der Waals surface area (Å²) in [5, 5.41) is 0.540. The Hall–Kier alpha value is -1.07. The topological polar surface area (TPSA) is 63.4 Å². The van der Waals surface area contributed by atoms with E-state index in [0.29, 0.717) is 21.6 Å². The molecule has 0 atom stereocenters. The van der Waals surface area contributed by atoms with E-state index in [9.17, 15) is 9.59 Å². The molecule has 0 saturated heterocycles. The highest BCUT2D eigenvalue weighted by atomic mass is 79.9. The molecule has 0 aliphatic rings. The lowest BCUT2D eigenvalue weighted by Crippen LogP contribution is -2.39. The summed E-state index contributed by atoms with van der Waals surface area (Å²) in [5.41, 5.74) is 5.65. The zero-order valence-electron chi connectivity index (χ0n) is 10.7. The zero-order valence-corrected chi connectivity index (χ0v) is 13.0. The molecule has 4 nitrogen and oxygen atoms in total. The molecule has 0 heterocycles. The lowest BCUT2D eigenvalue weighted by molar-refractivity contribution is -0.118. The maximum Gasteiger partial charge on any atom is 0.255 e. The Labute approximate surface area is 126 Å². The van der Waals surface area contributed by atoms with Crippen LogP contribution in [-0.4, -0.2) is 29.8 Å². The van der Waals surface area contributed by atoms with E-state index in [-0.39, 0.29) is 12.5 Å². The van der Waals surface area contributed by atoms with Gasteiger partial charge in [-0.2, -0.15) is 0 Å². The van der Waals surface area contributed by atoms with E-state index < -0.39 is 5.91 Å². The molecule has 19 heavy (non-hydrogen) atoms. The van der Waals surface area contributed by atoms with E-state index in [0.717, 1.165) is 12.8 Å². The monoisotopic (exact) mass is 346 g/mol. The summed E-state index contributed by atoms with van der Waals surface area (Å²) in [6, 6.07) is 4.92. The second-order valence-corrected chi connectivity index (χ2v) is 5.46. The van der Waals surface area contributed by atoms with Gasteiger partial charge >= 0.3 is 0 Å². The fourth-order valence-corrected chi connectivity index (χ4v) is 2.48. The van der Waals surface area contributed by atoms with Crippen LogP contribution in [-0.2, 0) is 4.79 Å². The molecule has 0 bridgehead atoms. The first-order valence-corrected chi connectivity index (χ1v) is 7.15. The van der Waals surface area contributed by atoms with E-state index in [1.807, 2.05) is 6.92 Å². The molecule has 2 N–H and O–H groups in total. The van der Waals surface area contributed by atoms with E-state index in [1.54, 1.807) is 18.2 Å². The van der Waals surface area contributed by atoms with Crippen LogP contribution < -0.4 is 5.73 Å². The lowest BCUT2D eigenvalue weighted by Gasteiger charge is -2.21. The van der Waals surface area contributed by atoms with Crippen molar-refractivity contribution in [2.75, 3.05) is 13.1 Å². The number of hydrogen-bond acceptors (Lipinski definition) is 2. The second-order valence-electron chi connectivity index (χ2n) is 4.17. The third kappa shape index (κ3) is 4.84. The second kappa shape index (κ2) is 7.50. The van der Waals surface area contributed by atoms with Gasteiger partial charge < -0.3 is 10.6 Å². The van der Waals surface area contributed by atoms with Crippen LogP contribution in [0.1, 0.15) is 30.1 Å². The molecular formula is C13H16BrClN2O2. The maximum absolute atomic E-state index is 12.4. The van der Waals surface area contributed by atoms with Gasteiger partial charge in [-0.3, -0.25) is 9.59 Å². The summed E-state index contributed by atoms with van der Waals surface area (Å²) in [6.07, 6.45) is 1.76. The number of nitrogens with zero attached hydrogens (tertiary/aromatic N) is 1. The summed E-state index contributed by atoms with van der Waals surface area (Å²) >= 11 is 9.14. The Morgan fingerprint density at radius 2 is 2.11 bits per heavy atom. The van der Waals surface area contributed by atoms with E-state index in [4.69, 9.17) is 17.3 Å². The van der Waals surface area contributed by atoms with Gasteiger partial charge in [0.05, 0.1) is 12.1 Å². The van der Waals surface area contributed by atoms with Crippen LogP contribution in [0.3, 0.4) is 0 Å². The Kier molecular flexibility index (Phi) is 6.31. The molecule has 0 fully saturated rings. The molecule has 0 unspecified atom stereocenters. The smallest absolute Gasteiger partial charge is 0.255 e. The van der Waals surface area contributed by atoms with Crippen molar-refractivity contribution in [1.82, 2.24) is 4.90 Å². The van der Waals surface area contributed by atoms with Gasteiger partial charge in [-0.05, 0) is 40.5 Å². The van der Waals surface area contributed by atoms with Crippen LogP contribution in [0.4, 0.5) is 0 Å². The van der Waals surface area contributed by atoms with E-state index in [1.165, 1.54) is 4.90 Å². The molecule has 0 aliphatic heterocycles. The fourth-order valence-electron chi connectivity index (χ4n) is 1.62. The number of halogens is 2. The molecule has 0 spiro atoms. The molecular weight excluding hydrogens is 332 g/mol. The fraction of sp³-hybridized carbons (Fsp3) is 0.385. The van der Waals surface area contributed by atoms with Crippen molar-refractivity contribution in [2.45, 2.75) is 19.8 Å². The SMILES string of the molecule is CCCCN(CC(N)=O)C(=O)c1ccc(Cl)cc1Br. The first-order chi connectivity index (χ1) is 8.95. The number of hydrogen-bond donors (Lipinski definition) is 1. The third-order valence-electron chi connectivity index (χ3n) is 2.58. The number of benzene rings is 1. The predicted molar refractivity (Wildman–Crippen MR) is 79.2 cm³/mol. The van der Waals surface area contributed by atoms with Crippen molar-refractivity contribution in [3.05, 3.63) is 33.3 Å². The number of rotatable bonds is 6. The molecule has 0 aromatic heterocycles. The number of amides is 2. The average Bonchev–Trinajstić information content (AvgIpc) is 2.33. The van der Waals surface area contributed by atoms with Gasteiger partial charge in [-0.15, -0.1) is 0 Å².